The van der Waals surface area contributed by atoms with E-state index < -0.39 is 5.60 Å². The van der Waals surface area contributed by atoms with Gasteiger partial charge in [0.25, 0.3) is 0 Å². The lowest BCUT2D eigenvalue weighted by Crippen LogP contribution is -2.48. The third-order valence-corrected chi connectivity index (χ3v) is 3.98. The molecule has 1 fully saturated rings. The molecule has 2 atom stereocenters. The van der Waals surface area contributed by atoms with E-state index in [0.717, 1.165) is 13.0 Å². The van der Waals surface area contributed by atoms with E-state index in [1.54, 1.807) is 0 Å². The lowest BCUT2D eigenvalue weighted by Gasteiger charge is -2.27. The standard InChI is InChI=1S/C14H28N2O3/c1-4-7-15-12-9-19-8-11(12)13(17)16-10-14(18,5-2)6-3/h11-12,15,18H,4-10H2,1-3H3,(H,16,17). The molecule has 3 N–H and O–H groups in total. The molecule has 112 valence electrons. The molecule has 0 aromatic carbocycles. The van der Waals surface area contributed by atoms with Crippen molar-refractivity contribution in [3.8, 4) is 0 Å². The van der Waals surface area contributed by atoms with Gasteiger partial charge in [-0.3, -0.25) is 4.79 Å². The van der Waals surface area contributed by atoms with Crippen LogP contribution in [0.25, 0.3) is 0 Å². The van der Waals surface area contributed by atoms with Gasteiger partial charge in [-0.1, -0.05) is 20.8 Å². The average Bonchev–Trinajstić information content (AvgIpc) is 2.90. The SMILES string of the molecule is CCCNC1COCC1C(=O)NCC(O)(CC)CC. The Hall–Kier alpha value is -0.650. The Morgan fingerprint density at radius 3 is 2.58 bits per heavy atom. The van der Waals surface area contributed by atoms with Gasteiger partial charge in [0.2, 0.25) is 5.91 Å². The summed E-state index contributed by atoms with van der Waals surface area (Å²) in [6.45, 7) is 8.22. The van der Waals surface area contributed by atoms with Crippen molar-refractivity contribution in [3.05, 3.63) is 0 Å². The smallest absolute Gasteiger partial charge is 0.227 e. The van der Waals surface area contributed by atoms with Gasteiger partial charge in [0, 0.05) is 12.6 Å². The molecule has 0 saturated carbocycles. The molecule has 1 amide bonds. The van der Waals surface area contributed by atoms with Crippen LogP contribution in [0.5, 0.6) is 0 Å². The molecule has 1 saturated heterocycles. The minimum atomic E-state index is -0.790. The Balaban J connectivity index is 2.43. The van der Waals surface area contributed by atoms with Crippen molar-refractivity contribution >= 4 is 5.91 Å². The van der Waals surface area contributed by atoms with Crippen molar-refractivity contribution in [2.24, 2.45) is 5.92 Å². The Kier molecular flexibility index (Phi) is 6.75. The largest absolute Gasteiger partial charge is 0.388 e. The fraction of sp³-hybridized carbons (Fsp3) is 0.929. The maximum Gasteiger partial charge on any atom is 0.227 e. The van der Waals surface area contributed by atoms with Gasteiger partial charge >= 0.3 is 0 Å². The van der Waals surface area contributed by atoms with Gasteiger partial charge in [-0.15, -0.1) is 0 Å². The first-order valence-electron chi connectivity index (χ1n) is 7.37. The van der Waals surface area contributed by atoms with Gasteiger partial charge in [0.05, 0.1) is 24.7 Å². The highest BCUT2D eigenvalue weighted by Gasteiger charge is 2.34. The second kappa shape index (κ2) is 7.82. The van der Waals surface area contributed by atoms with Crippen molar-refractivity contribution in [1.29, 1.82) is 0 Å². The summed E-state index contributed by atoms with van der Waals surface area (Å²) >= 11 is 0. The number of carbonyl (C=O) groups is 1. The van der Waals surface area contributed by atoms with Gasteiger partial charge in [-0.05, 0) is 25.8 Å². The molecule has 1 aliphatic heterocycles. The zero-order valence-electron chi connectivity index (χ0n) is 12.4. The van der Waals surface area contributed by atoms with Crippen LogP contribution >= 0.6 is 0 Å². The van der Waals surface area contributed by atoms with Crippen LogP contribution < -0.4 is 10.6 Å². The molecule has 0 radical (unpaired) electrons. The molecule has 0 aromatic rings. The second-order valence-electron chi connectivity index (χ2n) is 5.35. The van der Waals surface area contributed by atoms with Crippen LogP contribution in [0.4, 0.5) is 0 Å². The quantitative estimate of drug-likeness (QED) is 0.607. The maximum atomic E-state index is 12.2. The van der Waals surface area contributed by atoms with Crippen molar-refractivity contribution in [3.63, 3.8) is 0 Å². The van der Waals surface area contributed by atoms with Crippen molar-refractivity contribution in [2.45, 2.75) is 51.7 Å². The van der Waals surface area contributed by atoms with Gasteiger partial charge in [-0.2, -0.15) is 0 Å². The molecule has 0 aromatic heterocycles. The topological polar surface area (TPSA) is 70.6 Å². The summed E-state index contributed by atoms with van der Waals surface area (Å²) in [4.78, 5) is 12.2. The van der Waals surface area contributed by atoms with E-state index in [1.807, 2.05) is 13.8 Å². The molecule has 19 heavy (non-hydrogen) atoms. The number of hydrogen-bond donors (Lipinski definition) is 3. The molecule has 5 nitrogen and oxygen atoms in total. The van der Waals surface area contributed by atoms with Crippen LogP contribution in [-0.2, 0) is 9.53 Å². The number of hydrogen-bond acceptors (Lipinski definition) is 4. The molecule has 1 heterocycles. The van der Waals surface area contributed by atoms with Crippen molar-refractivity contribution in [1.82, 2.24) is 10.6 Å². The Bertz CT molecular complexity index is 280. The van der Waals surface area contributed by atoms with E-state index in [-0.39, 0.29) is 17.9 Å². The first kappa shape index (κ1) is 16.4. The Morgan fingerprint density at radius 1 is 1.32 bits per heavy atom. The van der Waals surface area contributed by atoms with Gasteiger partial charge in [-0.25, -0.2) is 0 Å². The molecule has 0 spiro atoms. The van der Waals surface area contributed by atoms with E-state index in [9.17, 15) is 9.90 Å². The van der Waals surface area contributed by atoms with Crippen LogP contribution in [0.3, 0.4) is 0 Å². The van der Waals surface area contributed by atoms with E-state index in [1.165, 1.54) is 0 Å². The van der Waals surface area contributed by atoms with Gasteiger partial charge in [0.15, 0.2) is 0 Å². The normalized spacial score (nSPS) is 23.6. The van der Waals surface area contributed by atoms with E-state index in [4.69, 9.17) is 4.74 Å². The number of rotatable bonds is 8. The van der Waals surface area contributed by atoms with E-state index in [0.29, 0.717) is 32.6 Å². The molecular weight excluding hydrogens is 244 g/mol. The number of carbonyl (C=O) groups excluding carboxylic acids is 1. The summed E-state index contributed by atoms with van der Waals surface area (Å²) in [6.07, 6.45) is 2.32. The predicted octanol–water partition coefficient (Wildman–Crippen LogP) is 0.668. The van der Waals surface area contributed by atoms with Crippen LogP contribution in [0.2, 0.25) is 0 Å². The molecule has 2 unspecified atom stereocenters. The number of aliphatic hydroxyl groups is 1. The second-order valence-corrected chi connectivity index (χ2v) is 5.35. The van der Waals surface area contributed by atoms with Gasteiger partial charge in [0.1, 0.15) is 0 Å². The fourth-order valence-electron chi connectivity index (χ4n) is 2.23. The van der Waals surface area contributed by atoms with Crippen LogP contribution in [0.1, 0.15) is 40.0 Å². The molecule has 1 rings (SSSR count). The molecular formula is C14H28N2O3. The van der Waals surface area contributed by atoms with Crippen LogP contribution in [-0.4, -0.2) is 49.0 Å². The van der Waals surface area contributed by atoms with E-state index in [2.05, 4.69) is 17.6 Å². The summed E-state index contributed by atoms with van der Waals surface area (Å²) in [7, 11) is 0. The Labute approximate surface area is 116 Å². The third kappa shape index (κ3) is 4.75. The predicted molar refractivity (Wildman–Crippen MR) is 74.9 cm³/mol. The van der Waals surface area contributed by atoms with E-state index >= 15 is 0 Å². The molecule has 5 heteroatoms. The molecule has 0 bridgehead atoms. The van der Waals surface area contributed by atoms with Gasteiger partial charge < -0.3 is 20.5 Å². The summed E-state index contributed by atoms with van der Waals surface area (Å²) in [5.41, 5.74) is -0.790. The molecule has 0 aliphatic carbocycles. The number of ether oxygens (including phenoxy) is 1. The summed E-state index contributed by atoms with van der Waals surface area (Å²) in [5.74, 6) is -0.170. The Morgan fingerprint density at radius 2 is 2.00 bits per heavy atom. The average molecular weight is 272 g/mol. The lowest BCUT2D eigenvalue weighted by atomic mass is 9.96. The van der Waals surface area contributed by atoms with Crippen molar-refractivity contribution in [2.75, 3.05) is 26.3 Å². The summed E-state index contributed by atoms with van der Waals surface area (Å²) < 4.78 is 5.39. The lowest BCUT2D eigenvalue weighted by molar-refractivity contribution is -0.126. The first-order valence-corrected chi connectivity index (χ1v) is 7.37. The number of amides is 1. The third-order valence-electron chi connectivity index (χ3n) is 3.98. The highest BCUT2D eigenvalue weighted by molar-refractivity contribution is 5.80. The van der Waals surface area contributed by atoms with Crippen LogP contribution in [0.15, 0.2) is 0 Å². The first-order chi connectivity index (χ1) is 9.06. The maximum absolute atomic E-state index is 12.2. The number of nitrogens with one attached hydrogen (secondary N) is 2. The summed E-state index contributed by atoms with van der Waals surface area (Å²) in [5, 5.41) is 16.4. The zero-order chi connectivity index (χ0) is 14.3. The van der Waals surface area contributed by atoms with Crippen molar-refractivity contribution < 1.29 is 14.6 Å². The monoisotopic (exact) mass is 272 g/mol. The zero-order valence-corrected chi connectivity index (χ0v) is 12.4. The minimum absolute atomic E-state index is 0.0218. The fourth-order valence-corrected chi connectivity index (χ4v) is 2.23. The minimum Gasteiger partial charge on any atom is -0.388 e. The highest BCUT2D eigenvalue weighted by Crippen LogP contribution is 2.16. The summed E-state index contributed by atoms with van der Waals surface area (Å²) in [6, 6.07) is 0.0938. The van der Waals surface area contributed by atoms with Crippen LogP contribution in [0, 0.1) is 5.92 Å². The molecule has 1 aliphatic rings. The highest BCUT2D eigenvalue weighted by atomic mass is 16.5.